The summed E-state index contributed by atoms with van der Waals surface area (Å²) < 4.78 is 10.9. The van der Waals surface area contributed by atoms with E-state index in [9.17, 15) is 9.90 Å². The number of methoxy groups -OCH3 is 1. The summed E-state index contributed by atoms with van der Waals surface area (Å²) in [4.78, 5) is 15.0. The average molecular weight is 342 g/mol. The number of rotatable bonds is 3. The number of nitrogens with zero attached hydrogens (tertiary/aromatic N) is 2. The van der Waals surface area contributed by atoms with E-state index < -0.39 is 6.10 Å². The van der Waals surface area contributed by atoms with E-state index in [-0.39, 0.29) is 17.6 Å². The molecular formula is C19H22N2O4. The largest absolute Gasteiger partial charge is 0.393 e. The van der Waals surface area contributed by atoms with Gasteiger partial charge in [-0.15, -0.1) is 0 Å². The Hall–Kier alpha value is -2.18. The lowest BCUT2D eigenvalue weighted by Gasteiger charge is -2.42. The van der Waals surface area contributed by atoms with Crippen LogP contribution < -0.4 is 0 Å². The minimum atomic E-state index is -0.391. The number of fused-ring (bicyclic) bond motifs is 1. The Kier molecular flexibility index (Phi) is 4.09. The van der Waals surface area contributed by atoms with Gasteiger partial charge in [-0.25, -0.2) is 0 Å². The summed E-state index contributed by atoms with van der Waals surface area (Å²) in [6.45, 7) is 0.615. The number of aromatic nitrogens is 1. The molecule has 2 fully saturated rings. The van der Waals surface area contributed by atoms with Crippen molar-refractivity contribution in [1.82, 2.24) is 10.1 Å². The monoisotopic (exact) mass is 342 g/mol. The maximum atomic E-state index is 13.2. The number of benzene rings is 1. The minimum absolute atomic E-state index is 0.113. The number of amides is 1. The number of aliphatic hydroxyl groups excluding tert-OH is 1. The summed E-state index contributed by atoms with van der Waals surface area (Å²) in [5, 5.41) is 14.1. The molecule has 1 aromatic heterocycles. The standard InChI is InChI=1S/C19H22N2O4/c1-24-19-8-7-14(22)11-16(19)21(10-9-19)18(23)15-12-25-20-17(15)13-5-3-2-4-6-13/h2-6,12,14,16,22H,7-11H2,1H3/t14?,16?,19-/m1/s1. The number of ether oxygens (including phenoxy) is 1. The lowest BCUT2D eigenvalue weighted by molar-refractivity contribution is -0.0824. The van der Waals surface area contributed by atoms with Gasteiger partial charge < -0.3 is 19.3 Å². The normalized spacial score (nSPS) is 28.8. The van der Waals surface area contributed by atoms with Crippen molar-refractivity contribution in [3.05, 3.63) is 42.2 Å². The first-order chi connectivity index (χ1) is 12.1. The number of hydrogen-bond donors (Lipinski definition) is 1. The Labute approximate surface area is 146 Å². The van der Waals surface area contributed by atoms with E-state index in [1.165, 1.54) is 6.26 Å². The quantitative estimate of drug-likeness (QED) is 0.927. The fraction of sp³-hybridized carbons (Fsp3) is 0.474. The lowest BCUT2D eigenvalue weighted by atomic mass is 9.79. The van der Waals surface area contributed by atoms with Gasteiger partial charge in [-0.1, -0.05) is 35.5 Å². The second-order valence-electron chi connectivity index (χ2n) is 6.90. The highest BCUT2D eigenvalue weighted by atomic mass is 16.5. The molecule has 3 atom stereocenters. The SMILES string of the molecule is CO[C@@]12CCC(O)CC1N(C(=O)c1conc1-c1ccccc1)CC2. The van der Waals surface area contributed by atoms with Crippen molar-refractivity contribution in [2.24, 2.45) is 0 Å². The molecule has 2 aromatic rings. The van der Waals surface area contributed by atoms with Crippen LogP contribution in [0.25, 0.3) is 11.3 Å². The first-order valence-electron chi connectivity index (χ1n) is 8.68. The molecule has 25 heavy (non-hydrogen) atoms. The predicted molar refractivity (Wildman–Crippen MR) is 91.0 cm³/mol. The smallest absolute Gasteiger partial charge is 0.259 e. The number of aliphatic hydroxyl groups is 1. The molecule has 0 spiro atoms. The van der Waals surface area contributed by atoms with E-state index in [1.54, 1.807) is 7.11 Å². The third-order valence-electron chi connectivity index (χ3n) is 5.67. The van der Waals surface area contributed by atoms with Gasteiger partial charge in [0, 0.05) is 19.2 Å². The molecule has 2 unspecified atom stereocenters. The van der Waals surface area contributed by atoms with E-state index in [4.69, 9.17) is 9.26 Å². The topological polar surface area (TPSA) is 75.8 Å². The van der Waals surface area contributed by atoms with Crippen LogP contribution in [0.5, 0.6) is 0 Å². The van der Waals surface area contributed by atoms with Crippen molar-refractivity contribution in [2.45, 2.75) is 43.4 Å². The van der Waals surface area contributed by atoms with E-state index in [0.29, 0.717) is 24.2 Å². The van der Waals surface area contributed by atoms with Crippen LogP contribution in [0.2, 0.25) is 0 Å². The summed E-state index contributed by atoms with van der Waals surface area (Å²) in [5.74, 6) is -0.113. The molecule has 6 nitrogen and oxygen atoms in total. The Morgan fingerprint density at radius 3 is 2.92 bits per heavy atom. The molecular weight excluding hydrogens is 320 g/mol. The van der Waals surface area contributed by atoms with Crippen molar-refractivity contribution < 1.29 is 19.2 Å². The number of carbonyl (C=O) groups excluding carboxylic acids is 1. The van der Waals surface area contributed by atoms with Gasteiger partial charge in [0.05, 0.1) is 17.7 Å². The minimum Gasteiger partial charge on any atom is -0.393 e. The molecule has 2 heterocycles. The summed E-state index contributed by atoms with van der Waals surface area (Å²) in [6, 6.07) is 9.42. The van der Waals surface area contributed by atoms with Gasteiger partial charge in [-0.05, 0) is 25.7 Å². The summed E-state index contributed by atoms with van der Waals surface area (Å²) >= 11 is 0. The second kappa shape index (κ2) is 6.28. The van der Waals surface area contributed by atoms with Crippen molar-refractivity contribution in [3.63, 3.8) is 0 Å². The van der Waals surface area contributed by atoms with Crippen LogP contribution in [-0.2, 0) is 4.74 Å². The van der Waals surface area contributed by atoms with Crippen LogP contribution >= 0.6 is 0 Å². The number of likely N-dealkylation sites (tertiary alicyclic amines) is 1. The molecule has 0 bridgehead atoms. The average Bonchev–Trinajstić information content (AvgIpc) is 3.27. The summed E-state index contributed by atoms with van der Waals surface area (Å²) in [6.07, 6.45) is 3.85. The first-order valence-corrected chi connectivity index (χ1v) is 8.68. The molecule has 1 aliphatic heterocycles. The van der Waals surface area contributed by atoms with Crippen molar-refractivity contribution >= 4 is 5.91 Å². The molecule has 1 N–H and O–H groups in total. The fourth-order valence-corrected chi connectivity index (χ4v) is 4.27. The summed E-state index contributed by atoms with van der Waals surface area (Å²) in [5.41, 5.74) is 1.51. The van der Waals surface area contributed by atoms with Crippen LogP contribution in [-0.4, -0.2) is 52.5 Å². The van der Waals surface area contributed by atoms with Crippen molar-refractivity contribution in [1.29, 1.82) is 0 Å². The highest BCUT2D eigenvalue weighted by molar-refractivity contribution is 6.00. The first kappa shape index (κ1) is 16.3. The maximum Gasteiger partial charge on any atom is 0.259 e. The van der Waals surface area contributed by atoms with Crippen LogP contribution in [0.3, 0.4) is 0 Å². The van der Waals surface area contributed by atoms with E-state index in [1.807, 2.05) is 35.2 Å². The van der Waals surface area contributed by atoms with E-state index >= 15 is 0 Å². The highest BCUT2D eigenvalue weighted by Crippen LogP contribution is 2.43. The number of carbonyl (C=O) groups is 1. The lowest BCUT2D eigenvalue weighted by Crippen LogP contribution is -2.52. The Morgan fingerprint density at radius 2 is 2.16 bits per heavy atom. The Balaban J connectivity index is 1.65. The molecule has 132 valence electrons. The third-order valence-corrected chi connectivity index (χ3v) is 5.67. The van der Waals surface area contributed by atoms with E-state index in [0.717, 1.165) is 24.8 Å². The van der Waals surface area contributed by atoms with Crippen LogP contribution in [0.15, 0.2) is 41.1 Å². The van der Waals surface area contributed by atoms with Crippen molar-refractivity contribution in [2.75, 3.05) is 13.7 Å². The molecule has 1 saturated carbocycles. The molecule has 1 aliphatic carbocycles. The Bertz CT molecular complexity index is 760. The van der Waals surface area contributed by atoms with Crippen LogP contribution in [0, 0.1) is 0 Å². The van der Waals surface area contributed by atoms with Gasteiger partial charge in [0.2, 0.25) is 0 Å². The molecule has 1 amide bonds. The molecule has 4 rings (SSSR count). The maximum absolute atomic E-state index is 13.2. The zero-order chi connectivity index (χ0) is 17.4. The van der Waals surface area contributed by atoms with Gasteiger partial charge >= 0.3 is 0 Å². The van der Waals surface area contributed by atoms with Gasteiger partial charge in [0.25, 0.3) is 5.91 Å². The van der Waals surface area contributed by atoms with Crippen LogP contribution in [0.4, 0.5) is 0 Å². The second-order valence-corrected chi connectivity index (χ2v) is 6.90. The number of hydrogen-bond acceptors (Lipinski definition) is 5. The highest BCUT2D eigenvalue weighted by Gasteiger charge is 2.52. The molecule has 1 saturated heterocycles. The van der Waals surface area contributed by atoms with Gasteiger partial charge in [-0.3, -0.25) is 4.79 Å². The zero-order valence-electron chi connectivity index (χ0n) is 14.2. The van der Waals surface area contributed by atoms with Crippen molar-refractivity contribution in [3.8, 4) is 11.3 Å². The third kappa shape index (κ3) is 2.65. The van der Waals surface area contributed by atoms with Gasteiger partial charge in [0.1, 0.15) is 17.5 Å². The van der Waals surface area contributed by atoms with Gasteiger partial charge in [0.15, 0.2) is 0 Å². The van der Waals surface area contributed by atoms with E-state index in [2.05, 4.69) is 5.16 Å². The van der Waals surface area contributed by atoms with Crippen LogP contribution in [0.1, 0.15) is 36.0 Å². The molecule has 2 aliphatic rings. The molecule has 0 radical (unpaired) electrons. The zero-order valence-corrected chi connectivity index (χ0v) is 14.2. The molecule has 1 aromatic carbocycles. The predicted octanol–water partition coefficient (Wildman–Crippen LogP) is 2.49. The Morgan fingerprint density at radius 1 is 1.36 bits per heavy atom. The van der Waals surface area contributed by atoms with Gasteiger partial charge in [-0.2, -0.15) is 0 Å². The molecule has 6 heteroatoms. The summed E-state index contributed by atoms with van der Waals surface area (Å²) in [7, 11) is 1.70. The fourth-order valence-electron chi connectivity index (χ4n) is 4.27.